The second-order valence-electron chi connectivity index (χ2n) is 5.34. The number of allylic oxidation sites excluding steroid dienone is 1. The van der Waals surface area contributed by atoms with E-state index >= 15 is 0 Å². The van der Waals surface area contributed by atoms with Crippen LogP contribution in [0.2, 0.25) is 5.02 Å². The van der Waals surface area contributed by atoms with E-state index in [0.717, 1.165) is 19.3 Å². The summed E-state index contributed by atoms with van der Waals surface area (Å²) in [5, 5.41) is 12.0. The van der Waals surface area contributed by atoms with Crippen molar-refractivity contribution in [2.75, 3.05) is 7.11 Å². The largest absolute Gasteiger partial charge is 0.497 e. The monoisotopic (exact) mass is 323 g/mol. The van der Waals surface area contributed by atoms with Crippen LogP contribution < -0.4 is 10.1 Å². The van der Waals surface area contributed by atoms with E-state index in [1.54, 1.807) is 0 Å². The van der Waals surface area contributed by atoms with E-state index in [9.17, 15) is 9.59 Å². The molecular weight excluding hydrogens is 306 g/mol. The second kappa shape index (κ2) is 6.83. The number of benzene rings is 1. The average molecular weight is 324 g/mol. The molecule has 1 atom stereocenters. The van der Waals surface area contributed by atoms with Crippen LogP contribution >= 0.6 is 11.6 Å². The average Bonchev–Trinajstić information content (AvgIpc) is 2.49. The first-order chi connectivity index (χ1) is 10.4. The number of carboxylic acid groups (broad SMARTS) is 1. The quantitative estimate of drug-likeness (QED) is 0.834. The van der Waals surface area contributed by atoms with Crippen molar-refractivity contribution >= 4 is 23.5 Å². The Balaban J connectivity index is 2.25. The zero-order valence-corrected chi connectivity index (χ0v) is 13.2. The van der Waals surface area contributed by atoms with Gasteiger partial charge in [-0.25, -0.2) is 4.79 Å². The number of carbonyl (C=O) groups excluding carboxylic acids is 1. The summed E-state index contributed by atoms with van der Waals surface area (Å²) in [6.45, 7) is 2.07. The number of hydrogen-bond donors (Lipinski definition) is 2. The summed E-state index contributed by atoms with van der Waals surface area (Å²) < 4.78 is 5.04. The zero-order valence-electron chi connectivity index (χ0n) is 12.5. The molecule has 0 saturated heterocycles. The normalized spacial score (nSPS) is 17.6. The van der Waals surface area contributed by atoms with Crippen molar-refractivity contribution < 1.29 is 19.4 Å². The minimum atomic E-state index is -1.20. The standard InChI is InChI=1S/C16H18ClNO4/c1-9-3-5-10(6-4-9)18-15(19)12-7-11(22-2)8-13(14(12)17)16(20)21/h3,7-8,10H,4-6H2,1-2H3,(H,18,19)(H,20,21). The number of carboxylic acids is 1. The Morgan fingerprint density at radius 3 is 2.59 bits per heavy atom. The lowest BCUT2D eigenvalue weighted by Crippen LogP contribution is -2.36. The third-order valence-electron chi connectivity index (χ3n) is 3.73. The van der Waals surface area contributed by atoms with Gasteiger partial charge in [0.2, 0.25) is 0 Å². The van der Waals surface area contributed by atoms with Gasteiger partial charge in [0.25, 0.3) is 5.91 Å². The molecule has 118 valence electrons. The van der Waals surface area contributed by atoms with Crippen molar-refractivity contribution in [1.29, 1.82) is 0 Å². The first-order valence-electron chi connectivity index (χ1n) is 6.99. The first-order valence-corrected chi connectivity index (χ1v) is 7.37. The molecule has 2 N–H and O–H groups in total. The minimum Gasteiger partial charge on any atom is -0.497 e. The molecule has 1 aromatic rings. The topological polar surface area (TPSA) is 75.6 Å². The van der Waals surface area contributed by atoms with Gasteiger partial charge in [-0.2, -0.15) is 0 Å². The molecule has 0 fully saturated rings. The molecule has 0 saturated carbocycles. The molecule has 5 nitrogen and oxygen atoms in total. The summed E-state index contributed by atoms with van der Waals surface area (Å²) in [5.41, 5.74) is 1.29. The van der Waals surface area contributed by atoms with Crippen LogP contribution in [-0.2, 0) is 0 Å². The number of halogens is 1. The van der Waals surface area contributed by atoms with Crippen LogP contribution in [0.4, 0.5) is 0 Å². The van der Waals surface area contributed by atoms with E-state index in [-0.39, 0.29) is 33.8 Å². The SMILES string of the molecule is COc1cc(C(=O)O)c(Cl)c(C(=O)NC2CC=C(C)CC2)c1. The van der Waals surface area contributed by atoms with Gasteiger partial charge in [-0.3, -0.25) is 4.79 Å². The lowest BCUT2D eigenvalue weighted by Gasteiger charge is -2.22. The molecule has 1 aliphatic carbocycles. The van der Waals surface area contributed by atoms with E-state index in [2.05, 4.69) is 18.3 Å². The van der Waals surface area contributed by atoms with E-state index < -0.39 is 5.97 Å². The fourth-order valence-corrected chi connectivity index (χ4v) is 2.67. The second-order valence-corrected chi connectivity index (χ2v) is 5.71. The maximum atomic E-state index is 12.4. The highest BCUT2D eigenvalue weighted by molar-refractivity contribution is 6.36. The molecule has 1 aliphatic rings. The highest BCUT2D eigenvalue weighted by Gasteiger charge is 2.22. The molecular formula is C16H18ClNO4. The lowest BCUT2D eigenvalue weighted by molar-refractivity contribution is 0.0696. The van der Waals surface area contributed by atoms with E-state index in [1.165, 1.54) is 24.8 Å². The van der Waals surface area contributed by atoms with Crippen molar-refractivity contribution in [3.05, 3.63) is 39.9 Å². The molecule has 0 radical (unpaired) electrons. The van der Waals surface area contributed by atoms with Crippen LogP contribution in [0.25, 0.3) is 0 Å². The number of nitrogens with one attached hydrogen (secondary N) is 1. The van der Waals surface area contributed by atoms with Crippen LogP contribution in [0.3, 0.4) is 0 Å². The summed E-state index contributed by atoms with van der Waals surface area (Å²) in [6, 6.07) is 2.79. The number of ether oxygens (including phenoxy) is 1. The molecule has 0 heterocycles. The van der Waals surface area contributed by atoms with Gasteiger partial charge in [0.05, 0.1) is 23.3 Å². The Labute approximate surface area is 133 Å². The summed E-state index contributed by atoms with van der Waals surface area (Å²) >= 11 is 6.06. The van der Waals surface area contributed by atoms with E-state index in [4.69, 9.17) is 21.4 Å². The van der Waals surface area contributed by atoms with Gasteiger partial charge in [0.15, 0.2) is 0 Å². The Bertz CT molecular complexity index is 639. The van der Waals surface area contributed by atoms with Crippen LogP contribution in [0, 0.1) is 0 Å². The Kier molecular flexibility index (Phi) is 5.08. The Hall–Kier alpha value is -2.01. The number of hydrogen-bond acceptors (Lipinski definition) is 3. The number of rotatable bonds is 4. The zero-order chi connectivity index (χ0) is 16.3. The Morgan fingerprint density at radius 2 is 2.05 bits per heavy atom. The van der Waals surface area contributed by atoms with Gasteiger partial charge >= 0.3 is 5.97 Å². The van der Waals surface area contributed by atoms with Crippen molar-refractivity contribution in [3.63, 3.8) is 0 Å². The fraction of sp³-hybridized carbons (Fsp3) is 0.375. The maximum absolute atomic E-state index is 12.4. The van der Waals surface area contributed by atoms with E-state index in [0.29, 0.717) is 0 Å². The minimum absolute atomic E-state index is 0.0340. The highest BCUT2D eigenvalue weighted by Crippen LogP contribution is 2.28. The highest BCUT2D eigenvalue weighted by atomic mass is 35.5. The number of amides is 1. The fourth-order valence-electron chi connectivity index (χ4n) is 2.40. The molecule has 0 aliphatic heterocycles. The van der Waals surface area contributed by atoms with E-state index in [1.807, 2.05) is 0 Å². The smallest absolute Gasteiger partial charge is 0.337 e. The number of carbonyl (C=O) groups is 2. The van der Waals surface area contributed by atoms with Crippen LogP contribution in [0.5, 0.6) is 5.75 Å². The van der Waals surface area contributed by atoms with Gasteiger partial charge in [0, 0.05) is 6.04 Å². The molecule has 6 heteroatoms. The van der Waals surface area contributed by atoms with Gasteiger partial charge in [-0.15, -0.1) is 0 Å². The van der Waals surface area contributed by atoms with Gasteiger partial charge in [-0.1, -0.05) is 23.3 Å². The lowest BCUT2D eigenvalue weighted by atomic mass is 9.96. The van der Waals surface area contributed by atoms with Crippen LogP contribution in [0.1, 0.15) is 46.9 Å². The Morgan fingerprint density at radius 1 is 1.36 bits per heavy atom. The van der Waals surface area contributed by atoms with Crippen LogP contribution in [0.15, 0.2) is 23.8 Å². The van der Waals surface area contributed by atoms with Gasteiger partial charge < -0.3 is 15.2 Å². The molecule has 0 bridgehead atoms. The molecule has 22 heavy (non-hydrogen) atoms. The third kappa shape index (κ3) is 3.60. The molecule has 1 aromatic carbocycles. The van der Waals surface area contributed by atoms with Gasteiger partial charge in [-0.05, 0) is 38.3 Å². The summed E-state index contributed by atoms with van der Waals surface area (Å²) in [7, 11) is 1.41. The molecule has 0 spiro atoms. The molecule has 1 unspecified atom stereocenters. The maximum Gasteiger partial charge on any atom is 0.337 e. The summed E-state index contributed by atoms with van der Waals surface area (Å²) in [4.78, 5) is 23.6. The molecule has 0 aromatic heterocycles. The van der Waals surface area contributed by atoms with Crippen molar-refractivity contribution in [2.24, 2.45) is 0 Å². The molecule has 2 rings (SSSR count). The first kappa shape index (κ1) is 16.4. The predicted molar refractivity (Wildman–Crippen MR) is 83.8 cm³/mol. The van der Waals surface area contributed by atoms with Crippen molar-refractivity contribution in [2.45, 2.75) is 32.2 Å². The van der Waals surface area contributed by atoms with Crippen molar-refractivity contribution in [3.8, 4) is 5.75 Å². The molecule has 1 amide bonds. The summed E-state index contributed by atoms with van der Waals surface area (Å²) in [5.74, 6) is -1.30. The number of aromatic carboxylic acids is 1. The third-order valence-corrected chi connectivity index (χ3v) is 4.14. The summed E-state index contributed by atoms with van der Waals surface area (Å²) in [6.07, 6.45) is 4.67. The van der Waals surface area contributed by atoms with Crippen molar-refractivity contribution in [1.82, 2.24) is 5.32 Å². The number of methoxy groups -OCH3 is 1. The predicted octanol–water partition coefficient (Wildman–Crippen LogP) is 3.28. The van der Waals surface area contributed by atoms with Gasteiger partial charge in [0.1, 0.15) is 5.75 Å². The van der Waals surface area contributed by atoms with Crippen LogP contribution in [-0.4, -0.2) is 30.1 Å².